The Kier molecular flexibility index (Phi) is 7.20. The molecule has 0 heterocycles. The first-order valence-electron chi connectivity index (χ1n) is 6.78. The topological polar surface area (TPSA) is 36.4 Å². The number of rotatable bonds is 5. The molecule has 4 heteroatoms. The number of guanidine groups is 1. The molecule has 0 spiro atoms. The Balaban J connectivity index is 0.00000180. The molecule has 1 fully saturated rings. The fourth-order valence-corrected chi connectivity index (χ4v) is 2.03. The smallest absolute Gasteiger partial charge is 0.191 e. The molecule has 3 nitrogen and oxygen atoms in total. The summed E-state index contributed by atoms with van der Waals surface area (Å²) < 4.78 is 0. The summed E-state index contributed by atoms with van der Waals surface area (Å²) >= 11 is 0. The number of halogens is 1. The fraction of sp³-hybridized carbons (Fsp3) is 0.533. The third kappa shape index (κ3) is 6.27. The predicted molar refractivity (Wildman–Crippen MR) is 92.1 cm³/mol. The Bertz CT molecular complexity index is 414. The van der Waals surface area contributed by atoms with E-state index in [0.29, 0.717) is 0 Å². The van der Waals surface area contributed by atoms with Gasteiger partial charge in [0, 0.05) is 20.1 Å². The summed E-state index contributed by atoms with van der Waals surface area (Å²) in [6.45, 7) is 3.97. The van der Waals surface area contributed by atoms with E-state index < -0.39 is 0 Å². The van der Waals surface area contributed by atoms with Gasteiger partial charge in [0.15, 0.2) is 5.96 Å². The Morgan fingerprint density at radius 2 is 2.11 bits per heavy atom. The van der Waals surface area contributed by atoms with Gasteiger partial charge >= 0.3 is 0 Å². The number of benzene rings is 1. The van der Waals surface area contributed by atoms with Crippen molar-refractivity contribution in [3.05, 3.63) is 35.4 Å². The fourth-order valence-electron chi connectivity index (χ4n) is 2.03. The highest BCUT2D eigenvalue weighted by Crippen LogP contribution is 2.31. The second-order valence-corrected chi connectivity index (χ2v) is 5.07. The van der Waals surface area contributed by atoms with E-state index in [2.05, 4.69) is 46.8 Å². The second kappa shape index (κ2) is 8.40. The van der Waals surface area contributed by atoms with E-state index in [1.807, 2.05) is 7.05 Å². The molecule has 1 aromatic rings. The molecular weight excluding hydrogens is 349 g/mol. The quantitative estimate of drug-likeness (QED) is 0.473. The molecule has 0 aliphatic heterocycles. The molecule has 19 heavy (non-hydrogen) atoms. The summed E-state index contributed by atoms with van der Waals surface area (Å²) in [4.78, 5) is 4.24. The van der Waals surface area contributed by atoms with Crippen molar-refractivity contribution >= 4 is 29.9 Å². The van der Waals surface area contributed by atoms with Crippen LogP contribution >= 0.6 is 24.0 Å². The maximum absolute atomic E-state index is 4.24. The Hall–Kier alpha value is -0.780. The first-order valence-corrected chi connectivity index (χ1v) is 6.78. The SMILES string of the molecule is CN=C(NCCC1CC1)NCc1cccc(C)c1.I. The van der Waals surface area contributed by atoms with Gasteiger partial charge in [-0.3, -0.25) is 4.99 Å². The van der Waals surface area contributed by atoms with Gasteiger partial charge in [-0.25, -0.2) is 0 Å². The number of nitrogens with one attached hydrogen (secondary N) is 2. The van der Waals surface area contributed by atoms with Crippen LogP contribution in [0.3, 0.4) is 0 Å². The predicted octanol–water partition coefficient (Wildman–Crippen LogP) is 3.08. The van der Waals surface area contributed by atoms with E-state index in [0.717, 1.165) is 25.0 Å². The number of hydrogen-bond acceptors (Lipinski definition) is 1. The first kappa shape index (κ1) is 16.3. The molecule has 0 radical (unpaired) electrons. The van der Waals surface area contributed by atoms with Crippen molar-refractivity contribution in [3.63, 3.8) is 0 Å². The summed E-state index contributed by atoms with van der Waals surface area (Å²) in [5, 5.41) is 6.71. The maximum atomic E-state index is 4.24. The van der Waals surface area contributed by atoms with Gasteiger partial charge in [0.25, 0.3) is 0 Å². The monoisotopic (exact) mass is 373 g/mol. The zero-order chi connectivity index (χ0) is 12.8. The molecule has 1 aliphatic carbocycles. The van der Waals surface area contributed by atoms with Gasteiger partial charge in [0.05, 0.1) is 0 Å². The van der Waals surface area contributed by atoms with Gasteiger partial charge in [-0.15, -0.1) is 24.0 Å². The molecule has 2 N–H and O–H groups in total. The van der Waals surface area contributed by atoms with Crippen molar-refractivity contribution in [1.29, 1.82) is 0 Å². The molecule has 1 aromatic carbocycles. The van der Waals surface area contributed by atoms with Crippen LogP contribution < -0.4 is 10.6 Å². The molecule has 0 aromatic heterocycles. The van der Waals surface area contributed by atoms with Crippen LogP contribution in [-0.4, -0.2) is 19.6 Å². The Morgan fingerprint density at radius 3 is 2.74 bits per heavy atom. The van der Waals surface area contributed by atoms with Gasteiger partial charge in [0.2, 0.25) is 0 Å². The van der Waals surface area contributed by atoms with Gasteiger partial charge < -0.3 is 10.6 Å². The highest BCUT2D eigenvalue weighted by atomic mass is 127. The summed E-state index contributed by atoms with van der Waals surface area (Å²) in [6, 6.07) is 8.55. The molecular formula is C15H24IN3. The summed E-state index contributed by atoms with van der Waals surface area (Å²) in [5.41, 5.74) is 2.59. The van der Waals surface area contributed by atoms with Gasteiger partial charge in [0.1, 0.15) is 0 Å². The summed E-state index contributed by atoms with van der Waals surface area (Å²) in [5.74, 6) is 1.87. The van der Waals surface area contributed by atoms with Crippen LogP contribution in [0.4, 0.5) is 0 Å². The number of nitrogens with zero attached hydrogens (tertiary/aromatic N) is 1. The lowest BCUT2D eigenvalue weighted by atomic mass is 10.1. The number of aliphatic imine (C=N–C) groups is 1. The third-order valence-electron chi connectivity index (χ3n) is 3.31. The van der Waals surface area contributed by atoms with Crippen molar-refractivity contribution in [2.75, 3.05) is 13.6 Å². The average molecular weight is 373 g/mol. The molecule has 106 valence electrons. The standard InChI is InChI=1S/C15H23N3.HI/c1-12-4-3-5-14(10-12)11-18-15(16-2)17-9-8-13-6-7-13;/h3-5,10,13H,6-9,11H2,1-2H3,(H2,16,17,18);1H. The first-order chi connectivity index (χ1) is 8.78. The van der Waals surface area contributed by atoms with Crippen LogP contribution in [0.5, 0.6) is 0 Å². The molecule has 1 aliphatic rings. The van der Waals surface area contributed by atoms with Crippen LogP contribution in [0, 0.1) is 12.8 Å². The van der Waals surface area contributed by atoms with Gasteiger partial charge in [-0.2, -0.15) is 0 Å². The summed E-state index contributed by atoms with van der Waals surface area (Å²) in [7, 11) is 1.82. The minimum Gasteiger partial charge on any atom is -0.356 e. The van der Waals surface area contributed by atoms with Gasteiger partial charge in [-0.1, -0.05) is 42.7 Å². The van der Waals surface area contributed by atoms with E-state index in [4.69, 9.17) is 0 Å². The number of aryl methyl sites for hydroxylation is 1. The van der Waals surface area contributed by atoms with Crippen molar-refractivity contribution in [2.24, 2.45) is 10.9 Å². The van der Waals surface area contributed by atoms with E-state index in [9.17, 15) is 0 Å². The molecule has 0 unspecified atom stereocenters. The van der Waals surface area contributed by atoms with Crippen LogP contribution in [-0.2, 0) is 6.54 Å². The zero-order valence-electron chi connectivity index (χ0n) is 11.8. The average Bonchev–Trinajstić information content (AvgIpc) is 3.17. The number of hydrogen-bond donors (Lipinski definition) is 2. The van der Waals surface area contributed by atoms with Crippen LogP contribution in [0.2, 0.25) is 0 Å². The van der Waals surface area contributed by atoms with Crippen molar-refractivity contribution in [3.8, 4) is 0 Å². The van der Waals surface area contributed by atoms with Crippen molar-refractivity contribution in [2.45, 2.75) is 32.7 Å². The van der Waals surface area contributed by atoms with E-state index in [1.165, 1.54) is 30.4 Å². The van der Waals surface area contributed by atoms with Gasteiger partial charge in [-0.05, 0) is 24.8 Å². The lowest BCUT2D eigenvalue weighted by Gasteiger charge is -2.12. The second-order valence-electron chi connectivity index (χ2n) is 5.07. The minimum atomic E-state index is 0. The normalized spacial score (nSPS) is 14.7. The zero-order valence-corrected chi connectivity index (χ0v) is 14.1. The molecule has 1 saturated carbocycles. The highest BCUT2D eigenvalue weighted by Gasteiger charge is 2.20. The Morgan fingerprint density at radius 1 is 1.32 bits per heavy atom. The third-order valence-corrected chi connectivity index (χ3v) is 3.31. The largest absolute Gasteiger partial charge is 0.356 e. The maximum Gasteiger partial charge on any atom is 0.191 e. The van der Waals surface area contributed by atoms with E-state index in [-0.39, 0.29) is 24.0 Å². The van der Waals surface area contributed by atoms with E-state index >= 15 is 0 Å². The van der Waals surface area contributed by atoms with Crippen LogP contribution in [0.1, 0.15) is 30.4 Å². The van der Waals surface area contributed by atoms with Crippen molar-refractivity contribution in [1.82, 2.24) is 10.6 Å². The Labute approximate surface area is 133 Å². The summed E-state index contributed by atoms with van der Waals surface area (Å²) in [6.07, 6.45) is 4.10. The highest BCUT2D eigenvalue weighted by molar-refractivity contribution is 14.0. The molecule has 0 bridgehead atoms. The molecule has 2 rings (SSSR count). The van der Waals surface area contributed by atoms with Crippen molar-refractivity contribution < 1.29 is 0 Å². The minimum absolute atomic E-state index is 0. The van der Waals surface area contributed by atoms with Crippen LogP contribution in [0.25, 0.3) is 0 Å². The molecule has 0 atom stereocenters. The lowest BCUT2D eigenvalue weighted by Crippen LogP contribution is -2.37. The van der Waals surface area contributed by atoms with Crippen LogP contribution in [0.15, 0.2) is 29.3 Å². The molecule has 0 amide bonds. The lowest BCUT2D eigenvalue weighted by molar-refractivity contribution is 0.684. The van der Waals surface area contributed by atoms with E-state index in [1.54, 1.807) is 0 Å². The molecule has 0 saturated heterocycles.